The Kier molecular flexibility index (Phi) is 5.38. The maximum Gasteiger partial charge on any atom is 0.0695 e. The summed E-state index contributed by atoms with van der Waals surface area (Å²) >= 11 is 3.56. The Balaban J connectivity index is 2.02. The van der Waals surface area contributed by atoms with Crippen LogP contribution in [0.2, 0.25) is 0 Å². The fourth-order valence-electron chi connectivity index (χ4n) is 2.44. The topological polar surface area (TPSA) is 56.3 Å². The predicted octanol–water partition coefficient (Wildman–Crippen LogP) is 1.78. The lowest BCUT2D eigenvalue weighted by Gasteiger charge is -2.19. The minimum atomic E-state index is -0.0258. The number of rotatable bonds is 6. The van der Waals surface area contributed by atoms with Crippen LogP contribution in [0.25, 0.3) is 0 Å². The van der Waals surface area contributed by atoms with Crippen molar-refractivity contribution in [1.82, 2.24) is 14.7 Å². The molecule has 0 aromatic carbocycles. The zero-order valence-corrected chi connectivity index (χ0v) is 13.3. The minimum absolute atomic E-state index is 0.0258. The third kappa shape index (κ3) is 4.02. The molecule has 2 N–H and O–H groups in total. The van der Waals surface area contributed by atoms with Gasteiger partial charge in [0.05, 0.1) is 35.1 Å². The van der Waals surface area contributed by atoms with E-state index in [1.807, 2.05) is 10.9 Å². The minimum Gasteiger partial charge on any atom is -0.378 e. The number of aromatic nitrogens is 2. The van der Waals surface area contributed by atoms with Gasteiger partial charge < -0.3 is 15.4 Å². The number of ether oxygens (including phenoxy) is 1. The van der Waals surface area contributed by atoms with Crippen molar-refractivity contribution in [3.8, 4) is 0 Å². The normalized spacial score (nSPS) is 21.2. The number of halogens is 1. The molecule has 1 fully saturated rings. The van der Waals surface area contributed by atoms with Crippen LogP contribution < -0.4 is 5.73 Å². The molecule has 1 aromatic heterocycles. The number of likely N-dealkylation sites (N-methyl/N-ethyl adjacent to an activating group) is 1. The molecule has 1 aliphatic rings. The Labute approximate surface area is 123 Å². The molecule has 0 bridgehead atoms. The van der Waals surface area contributed by atoms with Crippen LogP contribution in [0, 0.1) is 0 Å². The zero-order chi connectivity index (χ0) is 13.8. The van der Waals surface area contributed by atoms with E-state index in [4.69, 9.17) is 10.5 Å². The Hall–Kier alpha value is -0.430. The summed E-state index contributed by atoms with van der Waals surface area (Å²) in [7, 11) is 4.12. The first-order valence-corrected chi connectivity index (χ1v) is 7.60. The van der Waals surface area contributed by atoms with E-state index in [9.17, 15) is 0 Å². The quantitative estimate of drug-likeness (QED) is 0.863. The van der Waals surface area contributed by atoms with Crippen molar-refractivity contribution < 1.29 is 4.74 Å². The van der Waals surface area contributed by atoms with Crippen molar-refractivity contribution in [3.05, 3.63) is 16.4 Å². The summed E-state index contributed by atoms with van der Waals surface area (Å²) in [4.78, 5) is 2.14. The summed E-state index contributed by atoms with van der Waals surface area (Å²) in [6.45, 7) is 2.68. The third-order valence-electron chi connectivity index (χ3n) is 3.48. The first-order chi connectivity index (χ1) is 9.08. The molecule has 2 rings (SSSR count). The number of hydrogen-bond donors (Lipinski definition) is 1. The van der Waals surface area contributed by atoms with Gasteiger partial charge in [-0.2, -0.15) is 5.10 Å². The molecule has 0 radical (unpaired) electrons. The molecule has 6 heteroatoms. The molecule has 108 valence electrons. The molecule has 2 atom stereocenters. The largest absolute Gasteiger partial charge is 0.378 e. The molecular weight excluding hydrogens is 308 g/mol. The van der Waals surface area contributed by atoms with E-state index in [0.29, 0.717) is 6.10 Å². The number of hydrogen-bond acceptors (Lipinski definition) is 4. The Bertz CT molecular complexity index is 401. The molecule has 2 heterocycles. The SMILES string of the molecule is CN(C)CCn1ncc(Br)c1C(N)CC1CCCO1. The molecule has 0 aliphatic carbocycles. The predicted molar refractivity (Wildman–Crippen MR) is 79.0 cm³/mol. The van der Waals surface area contributed by atoms with Crippen LogP contribution in [0.15, 0.2) is 10.7 Å². The van der Waals surface area contributed by atoms with Crippen molar-refractivity contribution >= 4 is 15.9 Å². The molecule has 0 spiro atoms. The number of nitrogens with two attached hydrogens (primary N) is 1. The second-order valence-electron chi connectivity index (χ2n) is 5.38. The molecule has 2 unspecified atom stereocenters. The maximum absolute atomic E-state index is 6.34. The average Bonchev–Trinajstić information content (AvgIpc) is 2.96. The van der Waals surface area contributed by atoms with Crippen LogP contribution in [0.3, 0.4) is 0 Å². The Morgan fingerprint density at radius 2 is 2.42 bits per heavy atom. The van der Waals surface area contributed by atoms with E-state index in [-0.39, 0.29) is 6.04 Å². The van der Waals surface area contributed by atoms with Crippen LogP contribution in [0.1, 0.15) is 31.0 Å². The van der Waals surface area contributed by atoms with E-state index in [2.05, 4.69) is 40.0 Å². The molecular formula is C13H23BrN4O. The van der Waals surface area contributed by atoms with Gasteiger partial charge in [0.25, 0.3) is 0 Å². The highest BCUT2D eigenvalue weighted by atomic mass is 79.9. The van der Waals surface area contributed by atoms with E-state index >= 15 is 0 Å². The molecule has 1 saturated heterocycles. The van der Waals surface area contributed by atoms with Gasteiger partial charge in [0.15, 0.2) is 0 Å². The van der Waals surface area contributed by atoms with Crippen molar-refractivity contribution in [2.75, 3.05) is 27.2 Å². The van der Waals surface area contributed by atoms with Crippen molar-refractivity contribution in [3.63, 3.8) is 0 Å². The van der Waals surface area contributed by atoms with Gasteiger partial charge in [-0.3, -0.25) is 4.68 Å². The smallest absolute Gasteiger partial charge is 0.0695 e. The lowest BCUT2D eigenvalue weighted by atomic mass is 10.0. The van der Waals surface area contributed by atoms with Crippen LogP contribution in [0.5, 0.6) is 0 Å². The summed E-state index contributed by atoms with van der Waals surface area (Å²) in [6, 6.07) is -0.0258. The van der Waals surface area contributed by atoms with Crippen LogP contribution in [-0.4, -0.2) is 48.0 Å². The van der Waals surface area contributed by atoms with Gasteiger partial charge in [-0.15, -0.1) is 0 Å². The summed E-state index contributed by atoms with van der Waals surface area (Å²) in [5, 5.41) is 4.41. The highest BCUT2D eigenvalue weighted by molar-refractivity contribution is 9.10. The van der Waals surface area contributed by atoms with E-state index in [0.717, 1.165) is 49.1 Å². The Morgan fingerprint density at radius 1 is 1.63 bits per heavy atom. The highest BCUT2D eigenvalue weighted by Gasteiger charge is 2.23. The Morgan fingerprint density at radius 3 is 3.05 bits per heavy atom. The summed E-state index contributed by atoms with van der Waals surface area (Å²) in [5.74, 6) is 0. The van der Waals surface area contributed by atoms with Crippen molar-refractivity contribution in [2.45, 2.75) is 38.0 Å². The van der Waals surface area contributed by atoms with E-state index in [1.54, 1.807) is 0 Å². The lowest BCUT2D eigenvalue weighted by Crippen LogP contribution is -2.25. The molecule has 1 aliphatic heterocycles. The zero-order valence-electron chi connectivity index (χ0n) is 11.7. The summed E-state index contributed by atoms with van der Waals surface area (Å²) in [5.41, 5.74) is 7.42. The van der Waals surface area contributed by atoms with Crippen LogP contribution in [0.4, 0.5) is 0 Å². The summed E-state index contributed by atoms with van der Waals surface area (Å²) in [6.07, 6.45) is 5.28. The summed E-state index contributed by atoms with van der Waals surface area (Å²) < 4.78 is 8.67. The fourth-order valence-corrected chi connectivity index (χ4v) is 3.03. The van der Waals surface area contributed by atoms with Crippen LogP contribution >= 0.6 is 15.9 Å². The maximum atomic E-state index is 6.34. The van der Waals surface area contributed by atoms with Gasteiger partial charge in [-0.05, 0) is 49.3 Å². The van der Waals surface area contributed by atoms with Crippen molar-refractivity contribution in [2.24, 2.45) is 5.73 Å². The van der Waals surface area contributed by atoms with Crippen molar-refractivity contribution in [1.29, 1.82) is 0 Å². The molecule has 0 amide bonds. The lowest BCUT2D eigenvalue weighted by molar-refractivity contribution is 0.0974. The molecule has 0 saturated carbocycles. The van der Waals surface area contributed by atoms with Crippen LogP contribution in [-0.2, 0) is 11.3 Å². The number of nitrogens with zero attached hydrogens (tertiary/aromatic N) is 3. The third-order valence-corrected chi connectivity index (χ3v) is 4.10. The second kappa shape index (κ2) is 6.83. The second-order valence-corrected chi connectivity index (χ2v) is 6.24. The first kappa shape index (κ1) is 15.0. The van der Waals surface area contributed by atoms with E-state index in [1.165, 1.54) is 0 Å². The monoisotopic (exact) mass is 330 g/mol. The molecule has 5 nitrogen and oxygen atoms in total. The standard InChI is InChI=1S/C13H23BrN4O/c1-17(2)5-6-18-13(11(14)9-16-18)12(15)8-10-4-3-7-19-10/h9-10,12H,3-8,15H2,1-2H3. The molecule has 1 aromatic rings. The first-order valence-electron chi connectivity index (χ1n) is 6.81. The fraction of sp³-hybridized carbons (Fsp3) is 0.769. The van der Waals surface area contributed by atoms with Gasteiger partial charge in [0.1, 0.15) is 0 Å². The van der Waals surface area contributed by atoms with Gasteiger partial charge in [0, 0.05) is 13.2 Å². The van der Waals surface area contributed by atoms with Gasteiger partial charge in [-0.1, -0.05) is 0 Å². The average molecular weight is 331 g/mol. The van der Waals surface area contributed by atoms with Gasteiger partial charge >= 0.3 is 0 Å². The van der Waals surface area contributed by atoms with Gasteiger partial charge in [0.2, 0.25) is 0 Å². The van der Waals surface area contributed by atoms with Gasteiger partial charge in [-0.25, -0.2) is 0 Å². The molecule has 19 heavy (non-hydrogen) atoms. The van der Waals surface area contributed by atoms with E-state index < -0.39 is 0 Å². The highest BCUT2D eigenvalue weighted by Crippen LogP contribution is 2.28.